The van der Waals surface area contributed by atoms with Crippen LogP contribution in [0.5, 0.6) is 0 Å². The molecule has 34 heavy (non-hydrogen) atoms. The summed E-state index contributed by atoms with van der Waals surface area (Å²) in [6.45, 7) is 4.06. The van der Waals surface area contributed by atoms with E-state index in [1.807, 2.05) is 43.0 Å². The summed E-state index contributed by atoms with van der Waals surface area (Å²) in [6.07, 6.45) is 1.91. The predicted molar refractivity (Wildman–Crippen MR) is 122 cm³/mol. The largest absolute Gasteiger partial charge is 0.363 e. The van der Waals surface area contributed by atoms with E-state index in [-0.39, 0.29) is 17.9 Å². The van der Waals surface area contributed by atoms with E-state index in [4.69, 9.17) is 4.52 Å². The number of hydrogen-bond acceptors (Lipinski definition) is 6. The van der Waals surface area contributed by atoms with Crippen LogP contribution in [0.1, 0.15) is 41.1 Å². The minimum atomic E-state index is -0.921. The molecule has 0 radical (unpaired) electrons. The van der Waals surface area contributed by atoms with E-state index >= 15 is 0 Å². The van der Waals surface area contributed by atoms with Crippen molar-refractivity contribution >= 4 is 22.8 Å². The number of pyridine rings is 1. The first-order valence-corrected chi connectivity index (χ1v) is 11.2. The van der Waals surface area contributed by atoms with Gasteiger partial charge in [-0.3, -0.25) is 4.79 Å². The van der Waals surface area contributed by atoms with Crippen molar-refractivity contribution in [1.82, 2.24) is 19.8 Å². The van der Waals surface area contributed by atoms with Gasteiger partial charge in [0, 0.05) is 23.1 Å². The van der Waals surface area contributed by atoms with Crippen LogP contribution in [-0.4, -0.2) is 50.6 Å². The number of aromatic nitrogens is 4. The molecular formula is C24H22F2N6O2. The smallest absolute Gasteiger partial charge is 0.259 e. The highest BCUT2D eigenvalue weighted by Gasteiger charge is 2.43. The zero-order chi connectivity index (χ0) is 23.6. The molecule has 1 N–H and O–H groups in total. The number of hydrogen-bond donors (Lipinski definition) is 1. The van der Waals surface area contributed by atoms with Gasteiger partial charge in [-0.1, -0.05) is 17.3 Å². The quantitative estimate of drug-likeness (QED) is 0.473. The fourth-order valence-corrected chi connectivity index (χ4v) is 4.24. The van der Waals surface area contributed by atoms with Crippen molar-refractivity contribution in [3.63, 3.8) is 0 Å². The van der Waals surface area contributed by atoms with E-state index in [0.29, 0.717) is 47.0 Å². The normalized spacial score (nSPS) is 23.7. The Kier molecular flexibility index (Phi) is 4.65. The van der Waals surface area contributed by atoms with Crippen LogP contribution in [0.2, 0.25) is 0 Å². The molecule has 0 spiro atoms. The monoisotopic (exact) mass is 464 g/mol. The summed E-state index contributed by atoms with van der Waals surface area (Å²) in [6, 6.07) is 8.96. The number of carbonyl (C=O) groups excluding carboxylic acids is 1. The number of halogens is 2. The lowest BCUT2D eigenvalue weighted by atomic mass is 10.0. The number of fused-ring (bicyclic) bond motifs is 1. The van der Waals surface area contributed by atoms with E-state index in [1.165, 1.54) is 6.20 Å². The first-order valence-electron chi connectivity index (χ1n) is 11.2. The van der Waals surface area contributed by atoms with Crippen LogP contribution in [-0.2, 0) is 0 Å². The minimum Gasteiger partial charge on any atom is -0.363 e. The van der Waals surface area contributed by atoms with E-state index in [0.717, 1.165) is 11.3 Å². The number of carbonyl (C=O) groups is 1. The van der Waals surface area contributed by atoms with Gasteiger partial charge in [0.2, 0.25) is 11.7 Å². The van der Waals surface area contributed by atoms with E-state index in [2.05, 4.69) is 20.6 Å². The highest BCUT2D eigenvalue weighted by Crippen LogP contribution is 2.43. The number of anilines is 2. The third kappa shape index (κ3) is 3.41. The van der Waals surface area contributed by atoms with Gasteiger partial charge in [0.15, 0.2) is 0 Å². The lowest BCUT2D eigenvalue weighted by Crippen LogP contribution is -2.56. The van der Waals surface area contributed by atoms with Gasteiger partial charge in [-0.05, 0) is 44.0 Å². The predicted octanol–water partition coefficient (Wildman–Crippen LogP) is 4.32. The first kappa shape index (κ1) is 20.8. The molecular weight excluding hydrogens is 442 g/mol. The van der Waals surface area contributed by atoms with Gasteiger partial charge in [-0.2, -0.15) is 10.1 Å². The number of nitrogens with one attached hydrogen (secondary N) is 1. The molecule has 1 saturated carbocycles. The molecule has 1 aliphatic carbocycles. The lowest BCUT2D eigenvalue weighted by molar-refractivity contribution is 0.102. The number of aryl methyl sites for hydroxylation is 1. The third-order valence-electron chi connectivity index (χ3n) is 6.68. The van der Waals surface area contributed by atoms with Crippen LogP contribution in [0.3, 0.4) is 0 Å². The Labute approximate surface area is 193 Å². The van der Waals surface area contributed by atoms with Crippen LogP contribution < -0.4 is 10.2 Å². The zero-order valence-electron chi connectivity index (χ0n) is 18.6. The Bertz CT molecular complexity index is 1420. The van der Waals surface area contributed by atoms with Gasteiger partial charge in [0.25, 0.3) is 5.91 Å². The molecule has 4 atom stereocenters. The molecule has 1 aliphatic heterocycles. The van der Waals surface area contributed by atoms with E-state index < -0.39 is 12.3 Å². The maximum absolute atomic E-state index is 13.6. The fourth-order valence-electron chi connectivity index (χ4n) is 4.24. The van der Waals surface area contributed by atoms with Crippen LogP contribution in [0.4, 0.5) is 20.2 Å². The maximum Gasteiger partial charge on any atom is 0.259 e. The van der Waals surface area contributed by atoms with Crippen LogP contribution in [0.15, 0.2) is 47.2 Å². The molecule has 174 valence electrons. The number of nitrogens with zero attached hydrogens (tertiary/aromatic N) is 5. The van der Waals surface area contributed by atoms with Gasteiger partial charge in [0.1, 0.15) is 12.3 Å². The minimum absolute atomic E-state index is 0.200. The Balaban J connectivity index is 1.26. The van der Waals surface area contributed by atoms with Crippen molar-refractivity contribution < 1.29 is 18.1 Å². The van der Waals surface area contributed by atoms with Crippen molar-refractivity contribution in [3.8, 4) is 11.4 Å². The van der Waals surface area contributed by atoms with Gasteiger partial charge >= 0.3 is 0 Å². The summed E-state index contributed by atoms with van der Waals surface area (Å²) >= 11 is 0. The highest BCUT2D eigenvalue weighted by molar-refractivity contribution is 6.09. The summed E-state index contributed by atoms with van der Waals surface area (Å²) in [5, 5.41) is 11.2. The van der Waals surface area contributed by atoms with Crippen LogP contribution in [0.25, 0.3) is 16.9 Å². The van der Waals surface area contributed by atoms with Gasteiger partial charge < -0.3 is 14.7 Å². The van der Waals surface area contributed by atoms with Crippen molar-refractivity contribution in [3.05, 3.63) is 59.7 Å². The van der Waals surface area contributed by atoms with Crippen LogP contribution >= 0.6 is 0 Å². The molecule has 1 saturated heterocycles. The average Bonchev–Trinajstić information content (AvgIpc) is 3.22. The Morgan fingerprint density at radius 2 is 2.03 bits per heavy atom. The van der Waals surface area contributed by atoms with Gasteiger partial charge in [0.05, 0.1) is 35.8 Å². The second-order valence-corrected chi connectivity index (χ2v) is 8.98. The molecule has 3 aromatic heterocycles. The van der Waals surface area contributed by atoms with Gasteiger partial charge in [-0.15, -0.1) is 0 Å². The maximum atomic E-state index is 13.6. The molecule has 2 fully saturated rings. The number of alkyl halides is 2. The Morgan fingerprint density at radius 1 is 1.21 bits per heavy atom. The lowest BCUT2D eigenvalue weighted by Gasteiger charge is -2.43. The first-order chi connectivity index (χ1) is 16.4. The standard InChI is InChI=1S/C24H22F2N6O2/c1-12-3-4-14(22-29-24(34-30-22)16-9-18(16)25)7-20(12)28-23(33)17-10-27-32-6-5-15(8-21(17)32)31-11-19(26)13(31)2/h3-8,10,13,16,18-19H,9,11H2,1-2H3,(H,28,33)/t13-,16-,18-,19+/m0/s1. The molecule has 1 aromatic carbocycles. The summed E-state index contributed by atoms with van der Waals surface area (Å²) in [4.78, 5) is 19.4. The van der Waals surface area contributed by atoms with Crippen molar-refractivity contribution in [1.29, 1.82) is 0 Å². The molecule has 6 rings (SSSR count). The number of benzene rings is 1. The van der Waals surface area contributed by atoms with E-state index in [9.17, 15) is 13.6 Å². The van der Waals surface area contributed by atoms with Crippen LogP contribution in [0, 0.1) is 6.92 Å². The summed E-state index contributed by atoms with van der Waals surface area (Å²) in [7, 11) is 0. The second kappa shape index (κ2) is 7.61. The third-order valence-corrected chi connectivity index (χ3v) is 6.68. The molecule has 8 nitrogen and oxygen atoms in total. The molecule has 1 amide bonds. The van der Waals surface area contributed by atoms with Gasteiger partial charge in [-0.25, -0.2) is 13.3 Å². The summed E-state index contributed by atoms with van der Waals surface area (Å²) in [5.74, 6) is 0.00684. The van der Waals surface area contributed by atoms with Crippen molar-refractivity contribution in [2.24, 2.45) is 0 Å². The zero-order valence-corrected chi connectivity index (χ0v) is 18.6. The topological polar surface area (TPSA) is 88.6 Å². The molecule has 4 heterocycles. The summed E-state index contributed by atoms with van der Waals surface area (Å²) < 4.78 is 33.8. The van der Waals surface area contributed by atoms with Crippen molar-refractivity contribution in [2.45, 2.75) is 44.6 Å². The fraction of sp³-hybridized carbons (Fsp3) is 0.333. The SMILES string of the molecule is Cc1ccc(-c2noc([C@H]3C[C@@H]3F)n2)cc1NC(=O)c1cnn2ccc(N3C[C@@H](F)[C@@H]3C)cc12. The highest BCUT2D eigenvalue weighted by atomic mass is 19.1. The summed E-state index contributed by atoms with van der Waals surface area (Å²) in [5.41, 5.74) is 3.98. The van der Waals surface area contributed by atoms with Crippen molar-refractivity contribution in [2.75, 3.05) is 16.8 Å². The molecule has 0 bridgehead atoms. The molecule has 10 heteroatoms. The second-order valence-electron chi connectivity index (χ2n) is 8.98. The molecule has 2 aliphatic rings. The van der Waals surface area contributed by atoms with E-state index in [1.54, 1.807) is 16.8 Å². The molecule has 4 aromatic rings. The number of rotatable bonds is 5. The number of amides is 1. The Hall–Kier alpha value is -3.82. The Morgan fingerprint density at radius 3 is 2.76 bits per heavy atom. The average molecular weight is 464 g/mol. The molecule has 0 unspecified atom stereocenters.